The SMILES string of the molecule is O=C1NCCCC1NC/C=C/c1ccccc1. The monoisotopic (exact) mass is 230 g/mol. The first-order valence-electron chi connectivity index (χ1n) is 6.09. The Hall–Kier alpha value is -1.61. The normalized spacial score (nSPS) is 20.5. The fraction of sp³-hybridized carbons (Fsp3) is 0.357. The number of carbonyl (C=O) groups is 1. The van der Waals surface area contributed by atoms with Crippen molar-refractivity contribution in [3.05, 3.63) is 42.0 Å². The van der Waals surface area contributed by atoms with Crippen LogP contribution < -0.4 is 10.6 Å². The predicted octanol–water partition coefficient (Wildman–Crippen LogP) is 1.57. The first kappa shape index (κ1) is 11.9. The van der Waals surface area contributed by atoms with Gasteiger partial charge in [-0.3, -0.25) is 4.79 Å². The maximum atomic E-state index is 11.5. The van der Waals surface area contributed by atoms with Gasteiger partial charge in [0.25, 0.3) is 0 Å². The highest BCUT2D eigenvalue weighted by Gasteiger charge is 2.19. The smallest absolute Gasteiger partial charge is 0.237 e. The first-order valence-corrected chi connectivity index (χ1v) is 6.09. The fourth-order valence-electron chi connectivity index (χ4n) is 1.94. The Labute approximate surface area is 102 Å². The van der Waals surface area contributed by atoms with Crippen molar-refractivity contribution in [2.75, 3.05) is 13.1 Å². The van der Waals surface area contributed by atoms with E-state index in [2.05, 4.69) is 34.9 Å². The molecule has 1 aromatic rings. The minimum absolute atomic E-state index is 0.0239. The summed E-state index contributed by atoms with van der Waals surface area (Å²) in [4.78, 5) is 11.5. The van der Waals surface area contributed by atoms with Crippen LogP contribution in [0.1, 0.15) is 18.4 Å². The lowest BCUT2D eigenvalue weighted by Crippen LogP contribution is -2.48. The van der Waals surface area contributed by atoms with Crippen LogP contribution in [0.3, 0.4) is 0 Å². The van der Waals surface area contributed by atoms with Crippen molar-refractivity contribution in [2.45, 2.75) is 18.9 Å². The van der Waals surface area contributed by atoms with Gasteiger partial charge in [-0.15, -0.1) is 0 Å². The number of carbonyl (C=O) groups excluding carboxylic acids is 1. The van der Waals surface area contributed by atoms with E-state index in [1.807, 2.05) is 18.2 Å². The number of amides is 1. The molecule has 90 valence electrons. The molecule has 0 saturated carbocycles. The lowest BCUT2D eigenvalue weighted by molar-refractivity contribution is -0.124. The molecule has 0 aliphatic carbocycles. The number of rotatable bonds is 4. The van der Waals surface area contributed by atoms with Gasteiger partial charge in [0.2, 0.25) is 5.91 Å². The molecule has 0 spiro atoms. The molecule has 2 rings (SSSR count). The van der Waals surface area contributed by atoms with Crippen molar-refractivity contribution in [1.29, 1.82) is 0 Å². The molecule has 2 N–H and O–H groups in total. The van der Waals surface area contributed by atoms with E-state index in [1.54, 1.807) is 0 Å². The molecule has 1 fully saturated rings. The van der Waals surface area contributed by atoms with Gasteiger partial charge in [-0.2, -0.15) is 0 Å². The third-order valence-electron chi connectivity index (χ3n) is 2.88. The fourth-order valence-corrected chi connectivity index (χ4v) is 1.94. The number of piperidine rings is 1. The molecule has 1 atom stereocenters. The standard InChI is InChI=1S/C14H18N2O/c17-14-13(9-5-11-16-14)15-10-4-8-12-6-2-1-3-7-12/h1-4,6-8,13,15H,5,9-11H2,(H,16,17)/b8-4+. The Morgan fingerprint density at radius 2 is 2.18 bits per heavy atom. The number of nitrogens with one attached hydrogen (secondary N) is 2. The molecule has 17 heavy (non-hydrogen) atoms. The van der Waals surface area contributed by atoms with E-state index in [4.69, 9.17) is 0 Å². The second-order valence-electron chi connectivity index (χ2n) is 4.21. The van der Waals surface area contributed by atoms with Gasteiger partial charge in [-0.05, 0) is 18.4 Å². The highest BCUT2D eigenvalue weighted by Crippen LogP contribution is 2.03. The Morgan fingerprint density at radius 1 is 1.35 bits per heavy atom. The Kier molecular flexibility index (Phi) is 4.33. The van der Waals surface area contributed by atoms with Crippen molar-refractivity contribution >= 4 is 12.0 Å². The molecule has 0 aromatic heterocycles. The van der Waals surface area contributed by atoms with Gasteiger partial charge in [0.15, 0.2) is 0 Å². The Bertz CT molecular complexity index is 386. The van der Waals surface area contributed by atoms with Gasteiger partial charge < -0.3 is 10.6 Å². The molecule has 1 unspecified atom stereocenters. The van der Waals surface area contributed by atoms with E-state index < -0.39 is 0 Å². The summed E-state index contributed by atoms with van der Waals surface area (Å²) >= 11 is 0. The van der Waals surface area contributed by atoms with Crippen molar-refractivity contribution in [3.63, 3.8) is 0 Å². The molecule has 1 amide bonds. The van der Waals surface area contributed by atoms with Crippen LogP contribution >= 0.6 is 0 Å². The van der Waals surface area contributed by atoms with E-state index in [9.17, 15) is 4.79 Å². The summed E-state index contributed by atoms with van der Waals surface area (Å²) in [6.45, 7) is 1.55. The zero-order chi connectivity index (χ0) is 11.9. The summed E-state index contributed by atoms with van der Waals surface area (Å²) in [7, 11) is 0. The average Bonchev–Trinajstić information content (AvgIpc) is 2.38. The molecule has 1 aliphatic heterocycles. The van der Waals surface area contributed by atoms with Gasteiger partial charge in [-0.1, -0.05) is 42.5 Å². The molecule has 3 nitrogen and oxygen atoms in total. The molecule has 1 aromatic carbocycles. The highest BCUT2D eigenvalue weighted by molar-refractivity contribution is 5.82. The number of benzene rings is 1. The van der Waals surface area contributed by atoms with Gasteiger partial charge in [0.1, 0.15) is 0 Å². The molecular formula is C14H18N2O. The first-order chi connectivity index (χ1) is 8.36. The van der Waals surface area contributed by atoms with Crippen molar-refractivity contribution in [2.24, 2.45) is 0 Å². The molecule has 0 bridgehead atoms. The summed E-state index contributed by atoms with van der Waals surface area (Å²) in [6.07, 6.45) is 6.11. The van der Waals surface area contributed by atoms with Crippen molar-refractivity contribution in [1.82, 2.24) is 10.6 Å². The van der Waals surface area contributed by atoms with E-state index in [1.165, 1.54) is 5.56 Å². The summed E-state index contributed by atoms with van der Waals surface area (Å²) in [5, 5.41) is 6.11. The lowest BCUT2D eigenvalue weighted by Gasteiger charge is -2.22. The zero-order valence-electron chi connectivity index (χ0n) is 9.86. The second-order valence-corrected chi connectivity index (χ2v) is 4.21. The maximum absolute atomic E-state index is 11.5. The van der Waals surface area contributed by atoms with Crippen LogP contribution in [0.4, 0.5) is 0 Å². The molecule has 1 saturated heterocycles. The predicted molar refractivity (Wildman–Crippen MR) is 69.5 cm³/mol. The zero-order valence-corrected chi connectivity index (χ0v) is 9.86. The number of hydrogen-bond donors (Lipinski definition) is 2. The van der Waals surface area contributed by atoms with Crippen LogP contribution in [0.5, 0.6) is 0 Å². The molecule has 0 radical (unpaired) electrons. The molecule has 1 heterocycles. The van der Waals surface area contributed by atoms with E-state index in [-0.39, 0.29) is 11.9 Å². The van der Waals surface area contributed by atoms with Crippen LogP contribution in [0.25, 0.3) is 6.08 Å². The maximum Gasteiger partial charge on any atom is 0.237 e. The molecular weight excluding hydrogens is 212 g/mol. The summed E-state index contributed by atoms with van der Waals surface area (Å²) < 4.78 is 0. The molecule has 3 heteroatoms. The Morgan fingerprint density at radius 3 is 2.94 bits per heavy atom. The van der Waals surface area contributed by atoms with Crippen molar-refractivity contribution < 1.29 is 4.79 Å². The van der Waals surface area contributed by atoms with Crippen LogP contribution in [0.2, 0.25) is 0 Å². The van der Waals surface area contributed by atoms with Crippen LogP contribution in [0, 0.1) is 0 Å². The topological polar surface area (TPSA) is 41.1 Å². The number of hydrogen-bond acceptors (Lipinski definition) is 2. The van der Waals surface area contributed by atoms with Crippen molar-refractivity contribution in [3.8, 4) is 0 Å². The molecule has 1 aliphatic rings. The summed E-state index contributed by atoms with van der Waals surface area (Å²) in [6, 6.07) is 10.1. The third-order valence-corrected chi connectivity index (χ3v) is 2.88. The minimum atomic E-state index is -0.0239. The van der Waals surface area contributed by atoms with Gasteiger partial charge in [-0.25, -0.2) is 0 Å². The average molecular weight is 230 g/mol. The highest BCUT2D eigenvalue weighted by atomic mass is 16.2. The minimum Gasteiger partial charge on any atom is -0.355 e. The largest absolute Gasteiger partial charge is 0.355 e. The lowest BCUT2D eigenvalue weighted by atomic mass is 10.1. The van der Waals surface area contributed by atoms with Crippen LogP contribution in [0.15, 0.2) is 36.4 Å². The third kappa shape index (κ3) is 3.71. The van der Waals surface area contributed by atoms with E-state index in [0.29, 0.717) is 0 Å². The van der Waals surface area contributed by atoms with E-state index >= 15 is 0 Å². The van der Waals surface area contributed by atoms with E-state index in [0.717, 1.165) is 25.9 Å². The van der Waals surface area contributed by atoms with Crippen LogP contribution in [-0.4, -0.2) is 25.0 Å². The van der Waals surface area contributed by atoms with Gasteiger partial charge in [0.05, 0.1) is 6.04 Å². The van der Waals surface area contributed by atoms with Gasteiger partial charge in [0, 0.05) is 13.1 Å². The summed E-state index contributed by atoms with van der Waals surface area (Å²) in [5.74, 6) is 0.129. The Balaban J connectivity index is 1.75. The summed E-state index contributed by atoms with van der Waals surface area (Å²) in [5.41, 5.74) is 1.18. The second kappa shape index (κ2) is 6.21. The van der Waals surface area contributed by atoms with Gasteiger partial charge >= 0.3 is 0 Å². The quantitative estimate of drug-likeness (QED) is 0.824. The van der Waals surface area contributed by atoms with Crippen LogP contribution in [-0.2, 0) is 4.79 Å².